The minimum absolute atomic E-state index is 0.461. The highest BCUT2D eigenvalue weighted by Gasteiger charge is 2.76. The quantitative estimate of drug-likeness (QED) is 0.445. The summed E-state index contributed by atoms with van der Waals surface area (Å²) in [7, 11) is 0.461. The summed E-state index contributed by atoms with van der Waals surface area (Å²) in [6.07, 6.45) is 0. The van der Waals surface area contributed by atoms with E-state index in [1.165, 1.54) is 0 Å². The Kier molecular flexibility index (Phi) is 2.04. The van der Waals surface area contributed by atoms with Gasteiger partial charge in [0.15, 0.2) is 0 Å². The fourth-order valence-electron chi connectivity index (χ4n) is 0.767. The first kappa shape index (κ1) is 10.6. The van der Waals surface area contributed by atoms with Crippen LogP contribution in [0.15, 0.2) is 0 Å². The summed E-state index contributed by atoms with van der Waals surface area (Å²) in [4.78, 5) is 3.70. The molecule has 0 radical (unpaired) electrons. The lowest BCUT2D eigenvalue weighted by molar-refractivity contribution is -0.463. The van der Waals surface area contributed by atoms with E-state index in [9.17, 15) is 26.3 Å². The summed E-state index contributed by atoms with van der Waals surface area (Å²) in [5.41, 5.74) is 0. The van der Waals surface area contributed by atoms with Gasteiger partial charge in [0.25, 0.3) is 0 Å². The number of nitrogens with zero attached hydrogens (tertiary/aromatic N) is 1. The molecule has 0 amide bonds. The van der Waals surface area contributed by atoms with Crippen molar-refractivity contribution < 1.29 is 31.2 Å². The van der Waals surface area contributed by atoms with Crippen LogP contribution in [0.25, 0.3) is 0 Å². The minimum Gasteiger partial charge on any atom is -0.287 e. The molecular weight excluding hydrogens is 204 g/mol. The van der Waals surface area contributed by atoms with E-state index < -0.39 is 29.6 Å². The van der Waals surface area contributed by atoms with Crippen molar-refractivity contribution >= 4 is 0 Å². The molecule has 1 saturated heterocycles. The molecule has 0 atom stereocenters. The van der Waals surface area contributed by atoms with Gasteiger partial charge in [-0.15, -0.1) is 5.06 Å². The minimum atomic E-state index is -5.42. The molecule has 0 spiro atoms. The third-order valence-corrected chi connectivity index (χ3v) is 1.67. The fourth-order valence-corrected chi connectivity index (χ4v) is 0.767. The molecule has 2 nitrogen and oxygen atoms in total. The number of rotatable bonds is 0. The first-order valence-electron chi connectivity index (χ1n) is 3.13. The monoisotopic (exact) mass is 209 g/mol. The lowest BCUT2D eigenvalue weighted by Gasteiger charge is -2.41. The van der Waals surface area contributed by atoms with Crippen molar-refractivity contribution in [2.75, 3.05) is 13.7 Å². The molecule has 78 valence electrons. The molecule has 0 aromatic rings. The van der Waals surface area contributed by atoms with E-state index in [2.05, 4.69) is 4.84 Å². The van der Waals surface area contributed by atoms with Gasteiger partial charge in [-0.3, -0.25) is 4.84 Å². The van der Waals surface area contributed by atoms with Crippen LogP contribution in [0.5, 0.6) is 0 Å². The maximum atomic E-state index is 12.4. The van der Waals surface area contributed by atoms with Gasteiger partial charge < -0.3 is 0 Å². The van der Waals surface area contributed by atoms with Gasteiger partial charge >= 0.3 is 17.9 Å². The van der Waals surface area contributed by atoms with Gasteiger partial charge in [0.1, 0.15) is 6.61 Å². The van der Waals surface area contributed by atoms with Crippen molar-refractivity contribution in [2.24, 2.45) is 0 Å². The highest BCUT2D eigenvalue weighted by Crippen LogP contribution is 2.49. The van der Waals surface area contributed by atoms with Gasteiger partial charge in [0, 0.05) is 7.05 Å². The topological polar surface area (TPSA) is 12.5 Å². The Morgan fingerprint density at radius 1 is 1.08 bits per heavy atom. The highest BCUT2D eigenvalue weighted by molar-refractivity contribution is 4.96. The van der Waals surface area contributed by atoms with Gasteiger partial charge in [0.05, 0.1) is 0 Å². The third-order valence-electron chi connectivity index (χ3n) is 1.67. The van der Waals surface area contributed by atoms with Crippen molar-refractivity contribution in [2.45, 2.75) is 17.9 Å². The Labute approximate surface area is 69.0 Å². The summed E-state index contributed by atoms with van der Waals surface area (Å²) in [6, 6.07) is -5.01. The molecule has 8 heteroatoms. The van der Waals surface area contributed by atoms with Gasteiger partial charge in [-0.2, -0.15) is 26.3 Å². The molecule has 13 heavy (non-hydrogen) atoms. The van der Waals surface area contributed by atoms with Gasteiger partial charge in [0.2, 0.25) is 0 Å². The number of alkyl halides is 6. The number of hydrogen-bond donors (Lipinski definition) is 0. The second-order valence-corrected chi connectivity index (χ2v) is 2.59. The molecule has 1 aliphatic rings. The summed E-state index contributed by atoms with van der Waals surface area (Å²) >= 11 is 0. The van der Waals surface area contributed by atoms with E-state index in [1.54, 1.807) is 0 Å². The zero-order chi connectivity index (χ0) is 10.5. The standard InChI is InChI=1S/C5H5F6NO/c1-12-5(10,11)4(8,9)3(6,7)2-13-12/h2H2,1H3. The molecule has 0 aliphatic carbocycles. The first-order chi connectivity index (χ1) is 5.63. The van der Waals surface area contributed by atoms with Crippen LogP contribution in [0.3, 0.4) is 0 Å². The summed E-state index contributed by atoms with van der Waals surface area (Å²) in [6.45, 7) is -1.76. The predicted octanol–water partition coefficient (Wildman–Crippen LogP) is 1.73. The Hall–Kier alpha value is -0.500. The van der Waals surface area contributed by atoms with E-state index in [1.807, 2.05) is 0 Å². The molecule has 0 unspecified atom stereocenters. The van der Waals surface area contributed by atoms with Crippen molar-refractivity contribution in [1.29, 1.82) is 0 Å². The van der Waals surface area contributed by atoms with Crippen LogP contribution in [0.1, 0.15) is 0 Å². The SMILES string of the molecule is CN1OCC(F)(F)C(F)(F)C1(F)F. The van der Waals surface area contributed by atoms with E-state index in [4.69, 9.17) is 0 Å². The zero-order valence-electron chi connectivity index (χ0n) is 6.33. The second kappa shape index (κ2) is 2.50. The van der Waals surface area contributed by atoms with E-state index in [-0.39, 0.29) is 0 Å². The van der Waals surface area contributed by atoms with Crippen LogP contribution in [0, 0.1) is 0 Å². The lowest BCUT2D eigenvalue weighted by Crippen LogP contribution is -2.67. The Bertz CT molecular complexity index is 217. The molecule has 0 N–H and O–H groups in total. The maximum Gasteiger partial charge on any atom is 0.394 e. The van der Waals surface area contributed by atoms with Gasteiger partial charge in [-0.05, 0) is 0 Å². The smallest absolute Gasteiger partial charge is 0.287 e. The Balaban J connectivity index is 3.07. The summed E-state index contributed by atoms with van der Waals surface area (Å²) in [5, 5.41) is -0.565. The number of hydroxylamine groups is 2. The zero-order valence-corrected chi connectivity index (χ0v) is 6.33. The molecule has 0 bridgehead atoms. The van der Waals surface area contributed by atoms with E-state index in [0.717, 1.165) is 0 Å². The van der Waals surface area contributed by atoms with Crippen LogP contribution in [0.4, 0.5) is 26.3 Å². The lowest BCUT2D eigenvalue weighted by atomic mass is 10.1. The number of halogens is 6. The number of hydrogen-bond acceptors (Lipinski definition) is 2. The first-order valence-corrected chi connectivity index (χ1v) is 3.13. The van der Waals surface area contributed by atoms with Crippen molar-refractivity contribution in [1.82, 2.24) is 5.06 Å². The molecule has 0 saturated carbocycles. The Morgan fingerprint density at radius 3 is 1.92 bits per heavy atom. The van der Waals surface area contributed by atoms with Gasteiger partial charge in [-0.25, -0.2) is 0 Å². The predicted molar refractivity (Wildman–Crippen MR) is 28.6 cm³/mol. The molecule has 1 aliphatic heterocycles. The normalized spacial score (nSPS) is 31.6. The second-order valence-electron chi connectivity index (χ2n) is 2.59. The van der Waals surface area contributed by atoms with Crippen LogP contribution < -0.4 is 0 Å². The van der Waals surface area contributed by atoms with Crippen LogP contribution in [-0.2, 0) is 4.84 Å². The molecule has 0 aromatic carbocycles. The average molecular weight is 209 g/mol. The van der Waals surface area contributed by atoms with E-state index in [0.29, 0.717) is 7.05 Å². The van der Waals surface area contributed by atoms with Crippen LogP contribution in [-0.4, -0.2) is 36.6 Å². The average Bonchev–Trinajstić information content (AvgIpc) is 1.97. The molecular formula is C5H5F6NO. The largest absolute Gasteiger partial charge is 0.394 e. The molecule has 1 rings (SSSR count). The fraction of sp³-hybridized carbons (Fsp3) is 1.00. The molecule has 1 fully saturated rings. The van der Waals surface area contributed by atoms with Crippen molar-refractivity contribution in [3.63, 3.8) is 0 Å². The Morgan fingerprint density at radius 2 is 1.54 bits per heavy atom. The van der Waals surface area contributed by atoms with Crippen molar-refractivity contribution in [3.05, 3.63) is 0 Å². The van der Waals surface area contributed by atoms with Crippen molar-refractivity contribution in [3.8, 4) is 0 Å². The third kappa shape index (κ3) is 1.19. The van der Waals surface area contributed by atoms with Crippen LogP contribution in [0.2, 0.25) is 0 Å². The molecule has 1 heterocycles. The summed E-state index contributed by atoms with van der Waals surface area (Å²) < 4.78 is 74.2. The summed E-state index contributed by atoms with van der Waals surface area (Å²) in [5.74, 6) is -10.3. The van der Waals surface area contributed by atoms with Crippen LogP contribution >= 0.6 is 0 Å². The van der Waals surface area contributed by atoms with Gasteiger partial charge in [-0.1, -0.05) is 0 Å². The maximum absolute atomic E-state index is 12.4. The highest BCUT2D eigenvalue weighted by atomic mass is 19.3. The van der Waals surface area contributed by atoms with E-state index >= 15 is 0 Å². The molecule has 0 aromatic heterocycles.